The Bertz CT molecular complexity index is 523. The van der Waals surface area contributed by atoms with Crippen LogP contribution in [0.25, 0.3) is 0 Å². The van der Waals surface area contributed by atoms with Gasteiger partial charge >= 0.3 is 17.1 Å². The molecule has 0 radical (unpaired) electrons. The summed E-state index contributed by atoms with van der Waals surface area (Å²) in [7, 11) is 0. The second kappa shape index (κ2) is 3.92. The molecule has 0 aromatic rings. The van der Waals surface area contributed by atoms with Gasteiger partial charge in [-0.15, -0.1) is 0 Å². The Morgan fingerprint density at radius 1 is 1.06 bits per heavy atom. The summed E-state index contributed by atoms with van der Waals surface area (Å²) in [6.45, 7) is 0. The summed E-state index contributed by atoms with van der Waals surface area (Å²) in [6.07, 6.45) is -0.868. The molecule has 18 heavy (non-hydrogen) atoms. The summed E-state index contributed by atoms with van der Waals surface area (Å²) in [4.78, 5) is 28.8. The fourth-order valence-corrected chi connectivity index (χ4v) is 1.60. The van der Waals surface area contributed by atoms with E-state index in [0.717, 1.165) is 0 Å². The fourth-order valence-electron chi connectivity index (χ4n) is 1.60. The summed E-state index contributed by atoms with van der Waals surface area (Å²) in [5.74, 6) is 0. The molecule has 1 atom stereocenters. The highest BCUT2D eigenvalue weighted by molar-refractivity contribution is 5.37. The molecule has 0 spiro atoms. The molecule has 98 valence electrons. The molecule has 0 saturated carbocycles. The molecule has 0 fully saturated rings. The molecule has 1 rings (SSSR count). The van der Waals surface area contributed by atoms with E-state index in [4.69, 9.17) is 17.2 Å². The Labute approximate surface area is 98.2 Å². The lowest BCUT2D eigenvalue weighted by atomic mass is 9.92. The number of hydrogen-bond donors (Lipinski definition) is 3. The van der Waals surface area contributed by atoms with Crippen molar-refractivity contribution in [2.45, 2.75) is 12.1 Å². The van der Waals surface area contributed by atoms with E-state index in [9.17, 15) is 30.3 Å². The lowest BCUT2D eigenvalue weighted by Crippen LogP contribution is -2.55. The molecule has 0 saturated heterocycles. The first-order valence-electron chi connectivity index (χ1n) is 4.34. The van der Waals surface area contributed by atoms with Crippen molar-refractivity contribution >= 4 is 0 Å². The topological polar surface area (TPSA) is 207 Å². The number of nitrogens with zero attached hydrogens (tertiary/aromatic N) is 3. The van der Waals surface area contributed by atoms with E-state index in [1.807, 2.05) is 0 Å². The average Bonchev–Trinajstić information content (AvgIpc) is 2.14. The highest BCUT2D eigenvalue weighted by Crippen LogP contribution is 2.32. The first-order valence-corrected chi connectivity index (χ1v) is 4.34. The summed E-state index contributed by atoms with van der Waals surface area (Å²) in [6, 6.07) is 0. The van der Waals surface area contributed by atoms with E-state index in [1.165, 1.54) is 0 Å². The van der Waals surface area contributed by atoms with E-state index < -0.39 is 49.6 Å². The molecular formula is C6H8N6O6. The van der Waals surface area contributed by atoms with Gasteiger partial charge in [-0.3, -0.25) is 36.1 Å². The largest absolute Gasteiger partial charge is 0.396 e. The van der Waals surface area contributed by atoms with Crippen LogP contribution in [0.3, 0.4) is 0 Å². The Morgan fingerprint density at radius 3 is 1.89 bits per heavy atom. The maximum absolute atomic E-state index is 10.8. The smallest absolute Gasteiger partial charge is 0.369 e. The van der Waals surface area contributed by atoms with Gasteiger partial charge in [-0.1, -0.05) is 0 Å². The zero-order chi connectivity index (χ0) is 14.2. The van der Waals surface area contributed by atoms with Crippen LogP contribution in [0.4, 0.5) is 0 Å². The standard InChI is InChI=1S/C6H8N6O6/c7-2-1-6(9,12(17)18)5(11(15)16)3(8)4(2)10(13)14/h1,7-9H2. The van der Waals surface area contributed by atoms with Gasteiger partial charge in [0, 0.05) is 0 Å². The first kappa shape index (κ1) is 13.3. The maximum Gasteiger partial charge on any atom is 0.369 e. The summed E-state index contributed by atoms with van der Waals surface area (Å²) in [5.41, 5.74) is 9.30. The Hall–Kier alpha value is -2.76. The normalized spacial score (nSPS) is 24.1. The van der Waals surface area contributed by atoms with Crippen LogP contribution in [0, 0.1) is 30.3 Å². The predicted octanol–water partition coefficient (Wildman–Crippen LogP) is -1.78. The van der Waals surface area contributed by atoms with Crippen molar-refractivity contribution in [2.75, 3.05) is 0 Å². The summed E-state index contributed by atoms with van der Waals surface area (Å²) < 4.78 is 0. The predicted molar refractivity (Wildman–Crippen MR) is 54.9 cm³/mol. The summed E-state index contributed by atoms with van der Waals surface area (Å²) >= 11 is 0. The minimum atomic E-state index is -2.68. The highest BCUT2D eigenvalue weighted by atomic mass is 16.7. The van der Waals surface area contributed by atoms with Gasteiger partial charge < -0.3 is 11.5 Å². The molecule has 1 aliphatic carbocycles. The molecular weight excluding hydrogens is 252 g/mol. The van der Waals surface area contributed by atoms with Crippen LogP contribution < -0.4 is 17.2 Å². The van der Waals surface area contributed by atoms with Gasteiger partial charge in [0.15, 0.2) is 5.70 Å². The number of rotatable bonds is 3. The van der Waals surface area contributed by atoms with Gasteiger partial charge in [0.25, 0.3) is 0 Å². The molecule has 0 aliphatic heterocycles. The molecule has 0 bridgehead atoms. The third-order valence-electron chi connectivity index (χ3n) is 2.38. The van der Waals surface area contributed by atoms with Crippen molar-refractivity contribution in [3.63, 3.8) is 0 Å². The maximum atomic E-state index is 10.8. The second-order valence-corrected chi connectivity index (χ2v) is 3.51. The number of nitrogens with two attached hydrogens (primary N) is 3. The van der Waals surface area contributed by atoms with Crippen LogP contribution in [0.5, 0.6) is 0 Å². The van der Waals surface area contributed by atoms with E-state index in [0.29, 0.717) is 0 Å². The van der Waals surface area contributed by atoms with Gasteiger partial charge in [0.1, 0.15) is 0 Å². The van der Waals surface area contributed by atoms with Crippen LogP contribution in [-0.4, -0.2) is 20.4 Å². The lowest BCUT2D eigenvalue weighted by molar-refractivity contribution is -0.597. The first-order chi connectivity index (χ1) is 8.12. The van der Waals surface area contributed by atoms with Gasteiger partial charge in [-0.2, -0.15) is 0 Å². The Balaban J connectivity index is 3.61. The van der Waals surface area contributed by atoms with Crippen molar-refractivity contribution in [2.24, 2.45) is 17.2 Å². The molecule has 1 aliphatic rings. The molecule has 0 aromatic heterocycles. The van der Waals surface area contributed by atoms with Gasteiger partial charge in [0.05, 0.1) is 26.9 Å². The van der Waals surface area contributed by atoms with Crippen molar-refractivity contribution in [1.82, 2.24) is 0 Å². The van der Waals surface area contributed by atoms with Crippen LogP contribution in [0.15, 0.2) is 22.8 Å². The Morgan fingerprint density at radius 2 is 1.56 bits per heavy atom. The van der Waals surface area contributed by atoms with Crippen molar-refractivity contribution in [3.8, 4) is 0 Å². The second-order valence-electron chi connectivity index (χ2n) is 3.51. The zero-order valence-electron chi connectivity index (χ0n) is 8.73. The van der Waals surface area contributed by atoms with Gasteiger partial charge in [-0.25, -0.2) is 0 Å². The van der Waals surface area contributed by atoms with Gasteiger partial charge in [-0.05, 0) is 0 Å². The molecule has 0 aromatic carbocycles. The van der Waals surface area contributed by atoms with Crippen molar-refractivity contribution in [3.05, 3.63) is 53.1 Å². The molecule has 6 N–H and O–H groups in total. The molecule has 1 unspecified atom stereocenters. The molecule has 12 heteroatoms. The highest BCUT2D eigenvalue weighted by Gasteiger charge is 2.59. The monoisotopic (exact) mass is 260 g/mol. The summed E-state index contributed by atoms with van der Waals surface area (Å²) in [5, 5.41) is 32.2. The number of nitro groups is 3. The number of hydrogen-bond acceptors (Lipinski definition) is 9. The van der Waals surface area contributed by atoms with Crippen LogP contribution in [0.1, 0.15) is 6.42 Å². The van der Waals surface area contributed by atoms with Crippen LogP contribution in [-0.2, 0) is 0 Å². The lowest BCUT2D eigenvalue weighted by Gasteiger charge is -2.22. The Kier molecular flexibility index (Phi) is 2.90. The molecule has 0 heterocycles. The van der Waals surface area contributed by atoms with Crippen LogP contribution >= 0.6 is 0 Å². The fraction of sp³-hybridized carbons (Fsp3) is 0.333. The van der Waals surface area contributed by atoms with Crippen molar-refractivity contribution in [1.29, 1.82) is 0 Å². The van der Waals surface area contributed by atoms with Gasteiger partial charge in [0.2, 0.25) is 0 Å². The van der Waals surface area contributed by atoms with E-state index >= 15 is 0 Å². The minimum Gasteiger partial charge on any atom is -0.396 e. The third kappa shape index (κ3) is 1.69. The average molecular weight is 260 g/mol. The third-order valence-corrected chi connectivity index (χ3v) is 2.38. The van der Waals surface area contributed by atoms with E-state index in [1.54, 1.807) is 0 Å². The SMILES string of the molecule is NC1=C([N+](=O)[O-])C(N)=C([N+](=O)[O-])C(N)([N+](=O)[O-])C1. The molecule has 0 amide bonds. The van der Waals surface area contributed by atoms with Crippen molar-refractivity contribution < 1.29 is 14.8 Å². The quantitative estimate of drug-likeness (QED) is 0.297. The minimum absolute atomic E-state index is 0.581. The van der Waals surface area contributed by atoms with Crippen LogP contribution in [0.2, 0.25) is 0 Å². The molecule has 12 nitrogen and oxygen atoms in total. The van der Waals surface area contributed by atoms with E-state index in [2.05, 4.69) is 0 Å². The van der Waals surface area contributed by atoms with E-state index in [-0.39, 0.29) is 0 Å². The zero-order valence-corrected chi connectivity index (χ0v) is 8.73.